The molecule has 0 radical (unpaired) electrons. The molecule has 0 atom stereocenters. The molecule has 4 rings (SSSR count). The van der Waals surface area contributed by atoms with Crippen LogP contribution in [0, 0.1) is 29.1 Å². The van der Waals surface area contributed by atoms with Gasteiger partial charge in [-0.1, -0.05) is 19.2 Å². The quantitative estimate of drug-likeness (QED) is 0.365. The average molecular weight is 259 g/mol. The van der Waals surface area contributed by atoms with E-state index in [2.05, 4.69) is 13.2 Å². The second kappa shape index (κ2) is 4.32. The number of ether oxygens (including phenoxy) is 1. The van der Waals surface area contributed by atoms with E-state index in [1.165, 1.54) is 18.7 Å². The summed E-state index contributed by atoms with van der Waals surface area (Å²) in [5.74, 6) is 1.84. The minimum Gasteiger partial charge on any atom is -0.449 e. The Morgan fingerprint density at radius 2 is 1.68 bits per heavy atom. The highest BCUT2D eigenvalue weighted by atomic mass is 16.6. The number of rotatable bonds is 4. The fourth-order valence-corrected chi connectivity index (χ4v) is 4.66. The predicted octanol–water partition coefficient (Wildman–Crippen LogP) is 3.12. The van der Waals surface area contributed by atoms with Crippen molar-refractivity contribution >= 4 is 12.2 Å². The first-order valence-corrected chi connectivity index (χ1v) is 7.15. The summed E-state index contributed by atoms with van der Waals surface area (Å²) in [4.78, 5) is 12.0. The zero-order valence-corrected chi connectivity index (χ0v) is 11.2. The third kappa shape index (κ3) is 1.78. The van der Waals surface area contributed by atoms with Gasteiger partial charge >= 0.3 is 5.97 Å². The van der Waals surface area contributed by atoms with Crippen LogP contribution in [-0.2, 0) is 9.53 Å². The zero-order valence-electron chi connectivity index (χ0n) is 11.2. The Bertz CT molecular complexity index is 424. The summed E-state index contributed by atoms with van der Waals surface area (Å²) in [5, 5.41) is 7.86. The summed E-state index contributed by atoms with van der Waals surface area (Å²) in [6.07, 6.45) is 8.59. The van der Waals surface area contributed by atoms with E-state index >= 15 is 0 Å². The van der Waals surface area contributed by atoms with E-state index in [0.29, 0.717) is 11.8 Å². The van der Waals surface area contributed by atoms with Crippen molar-refractivity contribution in [2.75, 3.05) is 0 Å². The molecule has 19 heavy (non-hydrogen) atoms. The van der Waals surface area contributed by atoms with Gasteiger partial charge in [-0.15, -0.1) is 0 Å². The summed E-state index contributed by atoms with van der Waals surface area (Å²) < 4.78 is 5.76. The lowest BCUT2D eigenvalue weighted by molar-refractivity contribution is -0.180. The van der Waals surface area contributed by atoms with Crippen LogP contribution in [0.15, 0.2) is 24.8 Å². The lowest BCUT2D eigenvalue weighted by atomic mass is 9.50. The van der Waals surface area contributed by atoms with Gasteiger partial charge in [0, 0.05) is 18.1 Å². The number of carbonyl (C=O) groups is 1. The van der Waals surface area contributed by atoms with E-state index in [1.807, 2.05) is 0 Å². The minimum atomic E-state index is -0.670. The molecule has 0 aromatic rings. The lowest BCUT2D eigenvalue weighted by Gasteiger charge is -2.58. The van der Waals surface area contributed by atoms with Crippen molar-refractivity contribution in [1.82, 2.24) is 0 Å². The van der Waals surface area contributed by atoms with E-state index in [1.54, 1.807) is 0 Å². The standard InChI is InChI=1S/C16H21NO2/c1-3-10(2)15(18)19-16(9-17)13-5-11-4-12(7-13)8-14(16)6-11/h3,9,11-14,17H,1-2,4-8H2. The van der Waals surface area contributed by atoms with Crippen LogP contribution >= 0.6 is 0 Å². The first-order chi connectivity index (χ1) is 9.09. The Morgan fingerprint density at radius 1 is 1.16 bits per heavy atom. The molecule has 4 aliphatic rings. The van der Waals surface area contributed by atoms with Crippen molar-refractivity contribution in [2.45, 2.75) is 37.7 Å². The molecule has 4 bridgehead atoms. The molecule has 4 fully saturated rings. The summed E-state index contributed by atoms with van der Waals surface area (Å²) in [7, 11) is 0. The molecule has 102 valence electrons. The van der Waals surface area contributed by atoms with Crippen molar-refractivity contribution in [2.24, 2.45) is 23.7 Å². The lowest BCUT2D eigenvalue weighted by Crippen LogP contribution is -2.60. The third-order valence-corrected chi connectivity index (χ3v) is 5.42. The van der Waals surface area contributed by atoms with Gasteiger partial charge < -0.3 is 10.1 Å². The topological polar surface area (TPSA) is 50.2 Å². The minimum absolute atomic E-state index is 0.287. The van der Waals surface area contributed by atoms with Crippen LogP contribution in [0.4, 0.5) is 0 Å². The van der Waals surface area contributed by atoms with Crippen LogP contribution < -0.4 is 0 Å². The molecule has 0 heterocycles. The highest BCUT2D eigenvalue weighted by molar-refractivity contribution is 5.92. The second-order valence-electron chi connectivity index (χ2n) is 6.42. The molecule has 1 N–H and O–H groups in total. The molecule has 0 saturated heterocycles. The van der Waals surface area contributed by atoms with Crippen LogP contribution in [-0.4, -0.2) is 17.8 Å². The molecule has 0 spiro atoms. The van der Waals surface area contributed by atoms with Gasteiger partial charge in [-0.05, 0) is 43.9 Å². The van der Waals surface area contributed by atoms with Gasteiger partial charge in [0.05, 0.1) is 5.57 Å². The number of carbonyl (C=O) groups excluding carboxylic acids is 1. The maximum atomic E-state index is 12.0. The molecule has 0 aliphatic heterocycles. The molecule has 0 unspecified atom stereocenters. The fourth-order valence-electron chi connectivity index (χ4n) is 4.66. The van der Waals surface area contributed by atoms with Crippen LogP contribution in [0.25, 0.3) is 0 Å². The summed E-state index contributed by atoms with van der Waals surface area (Å²) in [5.41, 5.74) is -0.383. The van der Waals surface area contributed by atoms with Gasteiger partial charge in [-0.2, -0.15) is 0 Å². The molecular formula is C16H21NO2. The third-order valence-electron chi connectivity index (χ3n) is 5.42. The summed E-state index contributed by atoms with van der Waals surface area (Å²) in [6, 6.07) is 0. The fraction of sp³-hybridized carbons (Fsp3) is 0.625. The van der Waals surface area contributed by atoms with Crippen molar-refractivity contribution in [1.29, 1.82) is 5.41 Å². The van der Waals surface area contributed by atoms with Gasteiger partial charge in [-0.25, -0.2) is 4.79 Å². The summed E-state index contributed by atoms with van der Waals surface area (Å²) in [6.45, 7) is 7.21. The van der Waals surface area contributed by atoms with Crippen LogP contribution in [0.2, 0.25) is 0 Å². The maximum absolute atomic E-state index is 12.0. The van der Waals surface area contributed by atoms with Crippen LogP contribution in [0.3, 0.4) is 0 Å². The Kier molecular flexibility index (Phi) is 2.88. The first kappa shape index (κ1) is 12.6. The van der Waals surface area contributed by atoms with Gasteiger partial charge in [0.2, 0.25) is 0 Å². The summed E-state index contributed by atoms with van der Waals surface area (Å²) >= 11 is 0. The van der Waals surface area contributed by atoms with Crippen LogP contribution in [0.5, 0.6) is 0 Å². The molecule has 0 aromatic carbocycles. The number of esters is 1. The Hall–Kier alpha value is -1.38. The molecule has 0 aromatic heterocycles. The van der Waals surface area contributed by atoms with E-state index in [4.69, 9.17) is 10.1 Å². The highest BCUT2D eigenvalue weighted by Gasteiger charge is 2.58. The number of nitrogens with one attached hydrogen (secondary N) is 1. The van der Waals surface area contributed by atoms with Crippen molar-refractivity contribution in [3.63, 3.8) is 0 Å². The number of hydrogen-bond acceptors (Lipinski definition) is 3. The van der Waals surface area contributed by atoms with Gasteiger partial charge in [-0.3, -0.25) is 0 Å². The smallest absolute Gasteiger partial charge is 0.338 e. The SMILES string of the molecule is C=CC(=C)C(=O)OC1(C=N)C2CC3CC(C2)CC1C3. The molecule has 3 nitrogen and oxygen atoms in total. The number of hydrogen-bond donors (Lipinski definition) is 1. The van der Waals surface area contributed by atoms with E-state index < -0.39 is 11.6 Å². The largest absolute Gasteiger partial charge is 0.449 e. The average Bonchev–Trinajstić information content (AvgIpc) is 2.41. The highest BCUT2D eigenvalue weighted by Crippen LogP contribution is 2.59. The Labute approximate surface area is 114 Å². The van der Waals surface area contributed by atoms with Crippen molar-refractivity contribution in [3.05, 3.63) is 24.8 Å². The maximum Gasteiger partial charge on any atom is 0.338 e. The Morgan fingerprint density at radius 3 is 2.11 bits per heavy atom. The van der Waals surface area contributed by atoms with E-state index in [9.17, 15) is 4.79 Å². The first-order valence-electron chi connectivity index (χ1n) is 7.15. The van der Waals surface area contributed by atoms with E-state index in [0.717, 1.165) is 37.5 Å². The molecular weight excluding hydrogens is 238 g/mol. The molecule has 4 saturated carbocycles. The second-order valence-corrected chi connectivity index (χ2v) is 6.42. The van der Waals surface area contributed by atoms with Crippen molar-refractivity contribution < 1.29 is 9.53 Å². The van der Waals surface area contributed by atoms with Gasteiger partial charge in [0.25, 0.3) is 0 Å². The van der Waals surface area contributed by atoms with Gasteiger partial charge in [0.15, 0.2) is 5.60 Å². The van der Waals surface area contributed by atoms with Gasteiger partial charge in [0.1, 0.15) is 0 Å². The monoisotopic (exact) mass is 259 g/mol. The zero-order chi connectivity index (χ0) is 13.6. The van der Waals surface area contributed by atoms with E-state index in [-0.39, 0.29) is 5.57 Å². The molecule has 4 aliphatic carbocycles. The molecule has 0 amide bonds. The predicted molar refractivity (Wildman–Crippen MR) is 74.0 cm³/mol. The molecule has 3 heteroatoms. The van der Waals surface area contributed by atoms with Crippen LogP contribution in [0.1, 0.15) is 32.1 Å². The van der Waals surface area contributed by atoms with Crippen molar-refractivity contribution in [3.8, 4) is 0 Å². The normalized spacial score (nSPS) is 42.7. The Balaban J connectivity index is 1.87.